The van der Waals surface area contributed by atoms with Gasteiger partial charge in [0.2, 0.25) is 0 Å². The number of likely N-dealkylation sites (tertiary alicyclic amines) is 1. The smallest absolute Gasteiger partial charge is 0.324 e. The van der Waals surface area contributed by atoms with Crippen molar-refractivity contribution in [2.24, 2.45) is 5.92 Å². The third kappa shape index (κ3) is 6.54. The Bertz CT molecular complexity index is 996. The van der Waals surface area contributed by atoms with Crippen molar-refractivity contribution in [1.29, 1.82) is 0 Å². The molecule has 0 amide bonds. The van der Waals surface area contributed by atoms with Crippen molar-refractivity contribution in [1.82, 2.24) is 15.0 Å². The number of benzene rings is 2. The Hall–Kier alpha value is -2.93. The molecule has 2 aromatic carbocycles. The summed E-state index contributed by atoms with van der Waals surface area (Å²) >= 11 is 0. The Labute approximate surface area is 195 Å². The average Bonchev–Trinajstić information content (AvgIpc) is 3.27. The molecular weight excluding hydrogens is 419 g/mol. The lowest BCUT2D eigenvalue weighted by molar-refractivity contribution is 0.242. The van der Waals surface area contributed by atoms with Gasteiger partial charge in [-0.3, -0.25) is 0 Å². The monoisotopic (exact) mass is 452 g/mol. The third-order valence-electron chi connectivity index (χ3n) is 5.97. The minimum atomic E-state index is -0.231. The van der Waals surface area contributed by atoms with Crippen molar-refractivity contribution in [2.75, 3.05) is 31.6 Å². The molecule has 1 aliphatic rings. The van der Waals surface area contributed by atoms with Crippen LogP contribution in [0.3, 0.4) is 0 Å². The predicted molar refractivity (Wildman–Crippen MR) is 127 cm³/mol. The normalized spacial score (nSPS) is 15.2. The minimum Gasteiger partial charge on any atom is -0.493 e. The molecule has 7 heteroatoms. The van der Waals surface area contributed by atoms with Gasteiger partial charge in [0, 0.05) is 19.0 Å². The molecule has 0 aliphatic carbocycles. The molecule has 0 bridgehead atoms. The first-order valence-corrected chi connectivity index (χ1v) is 11.7. The molecule has 33 heavy (non-hydrogen) atoms. The van der Waals surface area contributed by atoms with E-state index in [9.17, 15) is 4.39 Å². The van der Waals surface area contributed by atoms with Gasteiger partial charge < -0.3 is 19.1 Å². The fourth-order valence-electron chi connectivity index (χ4n) is 4.03. The molecule has 0 atom stereocenters. The second kappa shape index (κ2) is 10.8. The van der Waals surface area contributed by atoms with Gasteiger partial charge in [-0.25, -0.2) is 4.39 Å². The highest BCUT2D eigenvalue weighted by atomic mass is 19.1. The lowest BCUT2D eigenvalue weighted by Gasteiger charge is -2.36. The molecule has 176 valence electrons. The highest BCUT2D eigenvalue weighted by Gasteiger charge is 2.27. The molecular formula is C26H33FN4O2. The van der Waals surface area contributed by atoms with Crippen LogP contribution in [0.1, 0.15) is 43.6 Å². The van der Waals surface area contributed by atoms with Crippen LogP contribution in [0.2, 0.25) is 0 Å². The molecule has 3 aromatic rings. The van der Waals surface area contributed by atoms with E-state index in [1.54, 1.807) is 0 Å². The topological polar surface area (TPSA) is 54.6 Å². The summed E-state index contributed by atoms with van der Waals surface area (Å²) in [6.45, 7) is 7.63. The predicted octanol–water partition coefficient (Wildman–Crippen LogP) is 4.94. The highest BCUT2D eigenvalue weighted by Crippen LogP contribution is 2.25. The summed E-state index contributed by atoms with van der Waals surface area (Å²) in [4.78, 5) is 9.24. The Morgan fingerprint density at radius 2 is 1.73 bits per heavy atom. The number of hydrogen-bond acceptors (Lipinski definition) is 6. The maximum atomic E-state index is 13.4. The van der Waals surface area contributed by atoms with E-state index < -0.39 is 0 Å². The fourth-order valence-corrected chi connectivity index (χ4v) is 4.03. The molecule has 2 heterocycles. The van der Waals surface area contributed by atoms with E-state index in [0.29, 0.717) is 43.4 Å². The van der Waals surface area contributed by atoms with E-state index in [1.165, 1.54) is 12.1 Å². The van der Waals surface area contributed by atoms with E-state index in [0.717, 1.165) is 42.8 Å². The van der Waals surface area contributed by atoms with Gasteiger partial charge in [0.1, 0.15) is 11.6 Å². The Morgan fingerprint density at radius 1 is 1.06 bits per heavy atom. The fraction of sp³-hybridized carbons (Fsp3) is 0.462. The van der Waals surface area contributed by atoms with Crippen LogP contribution in [0.15, 0.2) is 53.1 Å². The summed E-state index contributed by atoms with van der Waals surface area (Å²) in [6.07, 6.45) is 2.63. The summed E-state index contributed by atoms with van der Waals surface area (Å²) in [7, 11) is 2.14. The zero-order valence-electron chi connectivity index (χ0n) is 19.7. The van der Waals surface area contributed by atoms with Crippen LogP contribution in [0.25, 0.3) is 0 Å². The number of aromatic nitrogens is 2. The van der Waals surface area contributed by atoms with Crippen LogP contribution >= 0.6 is 0 Å². The number of nitrogens with zero attached hydrogens (tertiary/aromatic N) is 4. The molecule has 0 saturated carbocycles. The molecule has 1 saturated heterocycles. The van der Waals surface area contributed by atoms with Crippen LogP contribution in [-0.4, -0.2) is 47.8 Å². The van der Waals surface area contributed by atoms with Gasteiger partial charge in [-0.15, -0.1) is 0 Å². The number of piperidine rings is 1. The van der Waals surface area contributed by atoms with Crippen molar-refractivity contribution in [3.63, 3.8) is 0 Å². The lowest BCUT2D eigenvalue weighted by atomic mass is 10.0. The lowest BCUT2D eigenvalue weighted by Crippen LogP contribution is -2.43. The largest absolute Gasteiger partial charge is 0.493 e. The zero-order valence-corrected chi connectivity index (χ0v) is 19.7. The number of anilines is 1. The van der Waals surface area contributed by atoms with Crippen molar-refractivity contribution in [2.45, 2.75) is 45.7 Å². The Kier molecular flexibility index (Phi) is 7.60. The molecule has 0 spiro atoms. The second-order valence-electron chi connectivity index (χ2n) is 9.31. The van der Waals surface area contributed by atoms with Gasteiger partial charge in [0.25, 0.3) is 0 Å². The van der Waals surface area contributed by atoms with Crippen LogP contribution < -0.4 is 9.64 Å². The van der Waals surface area contributed by atoms with Gasteiger partial charge in [-0.1, -0.05) is 43.3 Å². The molecule has 1 fully saturated rings. The molecule has 0 N–H and O–H groups in total. The first kappa shape index (κ1) is 23.2. The van der Waals surface area contributed by atoms with Crippen LogP contribution in [0, 0.1) is 11.7 Å². The van der Waals surface area contributed by atoms with Crippen LogP contribution in [0.5, 0.6) is 5.75 Å². The van der Waals surface area contributed by atoms with E-state index in [4.69, 9.17) is 14.2 Å². The van der Waals surface area contributed by atoms with Crippen molar-refractivity contribution >= 4 is 6.01 Å². The molecule has 6 nitrogen and oxygen atoms in total. The Balaban J connectivity index is 1.46. The first-order chi connectivity index (χ1) is 16.0. The standard InChI is InChI=1S/C26H33FN4O2/c1-19(2)18-32-24-10-6-20(7-11-24)16-25-28-26(33-29-25)31(23-12-14-30(3)15-13-23)17-21-4-8-22(27)9-5-21/h4-11,19,23H,12-18H2,1-3H3. The molecule has 1 aromatic heterocycles. The highest BCUT2D eigenvalue weighted by molar-refractivity contribution is 5.33. The van der Waals surface area contributed by atoms with Gasteiger partial charge in [-0.2, -0.15) is 4.98 Å². The van der Waals surface area contributed by atoms with Gasteiger partial charge in [0.05, 0.1) is 6.61 Å². The maximum Gasteiger partial charge on any atom is 0.324 e. The molecule has 1 aliphatic heterocycles. The third-order valence-corrected chi connectivity index (χ3v) is 5.97. The van der Waals surface area contributed by atoms with Crippen LogP contribution in [-0.2, 0) is 13.0 Å². The SMILES string of the molecule is CC(C)COc1ccc(Cc2noc(N(Cc3ccc(F)cc3)C3CCN(C)CC3)n2)cc1. The van der Waals surface area contributed by atoms with Crippen molar-refractivity contribution < 1.29 is 13.7 Å². The number of hydrogen-bond donors (Lipinski definition) is 0. The van der Waals surface area contributed by atoms with E-state index in [-0.39, 0.29) is 5.82 Å². The van der Waals surface area contributed by atoms with Gasteiger partial charge in [0.15, 0.2) is 5.82 Å². The summed E-state index contributed by atoms with van der Waals surface area (Å²) in [5, 5.41) is 4.25. The summed E-state index contributed by atoms with van der Waals surface area (Å²) in [5.74, 6) is 1.78. The molecule has 0 unspecified atom stereocenters. The number of rotatable bonds is 9. The number of ether oxygens (including phenoxy) is 1. The maximum absolute atomic E-state index is 13.4. The Morgan fingerprint density at radius 3 is 2.39 bits per heavy atom. The van der Waals surface area contributed by atoms with E-state index >= 15 is 0 Å². The van der Waals surface area contributed by atoms with E-state index in [1.807, 2.05) is 36.4 Å². The van der Waals surface area contributed by atoms with Crippen molar-refractivity contribution in [3.8, 4) is 5.75 Å². The first-order valence-electron chi connectivity index (χ1n) is 11.7. The van der Waals surface area contributed by atoms with Crippen molar-refractivity contribution in [3.05, 3.63) is 71.3 Å². The zero-order chi connectivity index (χ0) is 23.2. The minimum absolute atomic E-state index is 0.231. The molecule has 4 rings (SSSR count). The summed E-state index contributed by atoms with van der Waals surface area (Å²) in [6, 6.07) is 15.5. The van der Waals surface area contributed by atoms with Gasteiger partial charge in [-0.05, 0) is 74.3 Å². The summed E-state index contributed by atoms with van der Waals surface area (Å²) < 4.78 is 24.9. The average molecular weight is 453 g/mol. The van der Waals surface area contributed by atoms with Gasteiger partial charge >= 0.3 is 6.01 Å². The van der Waals surface area contributed by atoms with E-state index in [2.05, 4.69) is 35.9 Å². The summed E-state index contributed by atoms with van der Waals surface area (Å²) in [5.41, 5.74) is 2.12. The van der Waals surface area contributed by atoms with Crippen LogP contribution in [0.4, 0.5) is 10.4 Å². The second-order valence-corrected chi connectivity index (χ2v) is 9.31. The quantitative estimate of drug-likeness (QED) is 0.459. The number of halogens is 1. The molecule has 0 radical (unpaired) electrons.